The van der Waals surface area contributed by atoms with Gasteiger partial charge in [0, 0.05) is 44.7 Å². The zero-order chi connectivity index (χ0) is 20.5. The topological polar surface area (TPSA) is 65.9 Å². The maximum absolute atomic E-state index is 6.28. The number of hydrogen-bond donors (Lipinski definition) is 4. The molecule has 0 unspecified atom stereocenters. The summed E-state index contributed by atoms with van der Waals surface area (Å²) in [6.07, 6.45) is 0.734. The number of anilines is 2. The number of halogens is 3. The zero-order valence-electron chi connectivity index (χ0n) is 15.2. The molecular weight excluding hydrogens is 447 g/mol. The molecule has 0 aliphatic carbocycles. The molecule has 29 heavy (non-hydrogen) atoms. The Morgan fingerprint density at radius 1 is 0.931 bits per heavy atom. The van der Waals surface area contributed by atoms with E-state index in [1.807, 2.05) is 36.4 Å². The minimum absolute atomic E-state index is 0.284. The van der Waals surface area contributed by atoms with Gasteiger partial charge in [0.2, 0.25) is 0 Å². The second kappa shape index (κ2) is 8.28. The third kappa shape index (κ3) is 4.38. The molecule has 0 aliphatic heterocycles. The van der Waals surface area contributed by atoms with Crippen molar-refractivity contribution in [3.05, 3.63) is 69.2 Å². The van der Waals surface area contributed by atoms with Crippen molar-refractivity contribution in [2.75, 3.05) is 11.9 Å². The first-order valence-corrected chi connectivity index (χ1v) is 10.4. The Morgan fingerprint density at radius 3 is 2.38 bits per heavy atom. The van der Waals surface area contributed by atoms with Gasteiger partial charge in [-0.15, -0.1) is 0 Å². The van der Waals surface area contributed by atoms with Crippen molar-refractivity contribution in [2.24, 2.45) is 5.73 Å². The van der Waals surface area contributed by atoms with Crippen molar-refractivity contribution in [2.45, 2.75) is 6.42 Å². The van der Waals surface area contributed by atoms with Crippen LogP contribution in [0.5, 0.6) is 0 Å². The number of H-pyrrole nitrogens is 1. The van der Waals surface area contributed by atoms with Gasteiger partial charge in [0.25, 0.3) is 0 Å². The summed E-state index contributed by atoms with van der Waals surface area (Å²) in [5.41, 5.74) is 10.6. The number of aromatic nitrogens is 1. The molecule has 4 rings (SSSR count). The van der Waals surface area contributed by atoms with Gasteiger partial charge in [0.15, 0.2) is 5.11 Å². The van der Waals surface area contributed by atoms with Crippen LogP contribution in [0.2, 0.25) is 15.1 Å². The van der Waals surface area contributed by atoms with Gasteiger partial charge in [-0.1, -0.05) is 34.8 Å². The molecule has 4 aromatic rings. The predicted octanol–water partition coefficient (Wildman–Crippen LogP) is 6.40. The van der Waals surface area contributed by atoms with Crippen molar-refractivity contribution in [1.82, 2.24) is 10.3 Å². The first-order valence-electron chi connectivity index (χ1n) is 8.90. The summed E-state index contributed by atoms with van der Waals surface area (Å²) < 4.78 is 0. The second-order valence-corrected chi connectivity index (χ2v) is 8.36. The van der Waals surface area contributed by atoms with Crippen LogP contribution in [0.25, 0.3) is 21.8 Å². The van der Waals surface area contributed by atoms with Crippen LogP contribution in [-0.2, 0) is 6.42 Å². The number of nitrogens with two attached hydrogens (primary N) is 1. The summed E-state index contributed by atoms with van der Waals surface area (Å²) in [6.45, 7) is 0.631. The number of thiocarbonyl (C=S) groups is 1. The van der Waals surface area contributed by atoms with E-state index < -0.39 is 0 Å². The second-order valence-electron chi connectivity index (χ2n) is 6.67. The third-order valence-corrected chi connectivity index (χ3v) is 5.78. The van der Waals surface area contributed by atoms with Crippen molar-refractivity contribution in [1.29, 1.82) is 0 Å². The lowest BCUT2D eigenvalue weighted by molar-refractivity contribution is 0.873. The molecule has 0 aliphatic rings. The van der Waals surface area contributed by atoms with Gasteiger partial charge in [-0.05, 0) is 72.7 Å². The SMILES string of the molecule is NC(=S)NCCc1cc(Nc2ccc(Cl)cc2)cc2c1[nH]c1cc(Cl)c(Cl)cc12. The van der Waals surface area contributed by atoms with Gasteiger partial charge in [0.05, 0.1) is 10.0 Å². The zero-order valence-corrected chi connectivity index (χ0v) is 18.2. The highest BCUT2D eigenvalue weighted by Gasteiger charge is 2.13. The molecule has 0 amide bonds. The lowest BCUT2D eigenvalue weighted by Crippen LogP contribution is -2.30. The summed E-state index contributed by atoms with van der Waals surface area (Å²) in [5, 5.41) is 10.5. The van der Waals surface area contributed by atoms with Crippen LogP contribution in [-0.4, -0.2) is 16.6 Å². The van der Waals surface area contributed by atoms with E-state index in [1.165, 1.54) is 0 Å². The Hall–Kier alpha value is -2.18. The fraction of sp³-hybridized carbons (Fsp3) is 0.0952. The highest BCUT2D eigenvalue weighted by atomic mass is 35.5. The summed E-state index contributed by atoms with van der Waals surface area (Å²) in [5.74, 6) is 0. The van der Waals surface area contributed by atoms with Gasteiger partial charge in [0.1, 0.15) is 0 Å². The maximum atomic E-state index is 6.28. The highest BCUT2D eigenvalue weighted by Crippen LogP contribution is 2.36. The Balaban J connectivity index is 1.82. The molecule has 148 valence electrons. The van der Waals surface area contributed by atoms with Crippen LogP contribution in [0.3, 0.4) is 0 Å². The Bertz CT molecular complexity index is 1220. The Kier molecular flexibility index (Phi) is 5.74. The molecule has 3 aromatic carbocycles. The average Bonchev–Trinajstić information content (AvgIpc) is 3.01. The molecule has 5 N–H and O–H groups in total. The van der Waals surface area contributed by atoms with Crippen LogP contribution in [0.15, 0.2) is 48.5 Å². The number of hydrogen-bond acceptors (Lipinski definition) is 2. The Labute approximate surface area is 188 Å². The fourth-order valence-corrected chi connectivity index (χ4v) is 3.91. The lowest BCUT2D eigenvalue weighted by Gasteiger charge is -2.11. The molecule has 0 radical (unpaired) electrons. The van der Waals surface area contributed by atoms with Crippen molar-refractivity contribution < 1.29 is 0 Å². The quantitative estimate of drug-likeness (QED) is 0.259. The smallest absolute Gasteiger partial charge is 0.163 e. The minimum atomic E-state index is 0.284. The van der Waals surface area contributed by atoms with E-state index in [1.54, 1.807) is 0 Å². The van der Waals surface area contributed by atoms with E-state index in [4.69, 9.17) is 52.8 Å². The van der Waals surface area contributed by atoms with Crippen LogP contribution in [0.1, 0.15) is 5.56 Å². The first-order chi connectivity index (χ1) is 13.9. The molecule has 1 aromatic heterocycles. The van der Waals surface area contributed by atoms with Crippen LogP contribution in [0.4, 0.5) is 11.4 Å². The van der Waals surface area contributed by atoms with E-state index in [2.05, 4.69) is 27.8 Å². The largest absolute Gasteiger partial charge is 0.376 e. The standard InChI is InChI=1S/C21H17Cl3N4S/c22-12-1-3-13(4-2-12)27-14-7-11(5-6-26-21(25)29)20-16(8-14)15-9-17(23)18(24)10-19(15)28-20/h1-4,7-10,27-28H,5-6H2,(H3,25,26,29). The number of nitrogens with one attached hydrogen (secondary N) is 3. The maximum Gasteiger partial charge on any atom is 0.163 e. The molecule has 8 heteroatoms. The molecule has 0 atom stereocenters. The molecular formula is C21H17Cl3N4S. The van der Waals surface area contributed by atoms with E-state index in [9.17, 15) is 0 Å². The highest BCUT2D eigenvalue weighted by molar-refractivity contribution is 7.80. The number of benzene rings is 3. The normalized spacial score (nSPS) is 11.1. The van der Waals surface area contributed by atoms with E-state index in [0.29, 0.717) is 21.6 Å². The number of fused-ring (bicyclic) bond motifs is 3. The fourth-order valence-electron chi connectivity index (χ4n) is 3.36. The number of rotatable bonds is 5. The molecule has 0 saturated carbocycles. The van der Waals surface area contributed by atoms with Crippen LogP contribution >= 0.6 is 47.0 Å². The molecule has 4 nitrogen and oxygen atoms in total. The van der Waals surface area contributed by atoms with E-state index in [0.717, 1.165) is 45.2 Å². The van der Waals surface area contributed by atoms with Gasteiger partial charge in [-0.3, -0.25) is 0 Å². The number of aromatic amines is 1. The van der Waals surface area contributed by atoms with Crippen molar-refractivity contribution in [3.8, 4) is 0 Å². The minimum Gasteiger partial charge on any atom is -0.376 e. The van der Waals surface area contributed by atoms with Crippen LogP contribution in [0, 0.1) is 0 Å². The van der Waals surface area contributed by atoms with Gasteiger partial charge in [-0.2, -0.15) is 0 Å². The third-order valence-electron chi connectivity index (χ3n) is 4.66. The molecule has 1 heterocycles. The van der Waals surface area contributed by atoms with Gasteiger partial charge >= 0.3 is 0 Å². The predicted molar refractivity (Wildman–Crippen MR) is 129 cm³/mol. The van der Waals surface area contributed by atoms with Crippen molar-refractivity contribution in [3.63, 3.8) is 0 Å². The summed E-state index contributed by atoms with van der Waals surface area (Å²) in [6, 6.07) is 15.5. The average molecular weight is 464 g/mol. The van der Waals surface area contributed by atoms with Crippen LogP contribution < -0.4 is 16.4 Å². The summed E-state index contributed by atoms with van der Waals surface area (Å²) in [4.78, 5) is 3.47. The van der Waals surface area contributed by atoms with Gasteiger partial charge < -0.3 is 21.4 Å². The molecule has 0 fully saturated rings. The summed E-state index contributed by atoms with van der Waals surface area (Å²) >= 11 is 23.4. The van der Waals surface area contributed by atoms with E-state index in [-0.39, 0.29) is 5.11 Å². The van der Waals surface area contributed by atoms with Crippen molar-refractivity contribution >= 4 is 85.3 Å². The lowest BCUT2D eigenvalue weighted by atomic mass is 10.0. The van der Waals surface area contributed by atoms with E-state index >= 15 is 0 Å². The molecule has 0 saturated heterocycles. The van der Waals surface area contributed by atoms with Gasteiger partial charge in [-0.25, -0.2) is 0 Å². The first kappa shape index (κ1) is 20.1. The monoisotopic (exact) mass is 462 g/mol. The molecule has 0 bridgehead atoms. The Morgan fingerprint density at radius 2 is 1.66 bits per heavy atom. The summed E-state index contributed by atoms with van der Waals surface area (Å²) in [7, 11) is 0. The molecule has 0 spiro atoms.